The first-order valence-corrected chi connectivity index (χ1v) is 9.53. The molecular formula is C23H24O5. The van der Waals surface area contributed by atoms with Gasteiger partial charge in [0.1, 0.15) is 11.3 Å². The molecule has 0 aliphatic carbocycles. The third-order valence-corrected chi connectivity index (χ3v) is 4.29. The van der Waals surface area contributed by atoms with E-state index in [4.69, 9.17) is 13.9 Å². The number of carbonyl (C=O) groups excluding carboxylic acids is 1. The van der Waals surface area contributed by atoms with E-state index >= 15 is 0 Å². The summed E-state index contributed by atoms with van der Waals surface area (Å²) >= 11 is 0. The number of fused-ring (bicyclic) bond motifs is 1. The van der Waals surface area contributed by atoms with E-state index in [1.165, 1.54) is 0 Å². The number of rotatable bonds is 7. The molecule has 0 N–H and O–H groups in total. The molecule has 3 rings (SSSR count). The summed E-state index contributed by atoms with van der Waals surface area (Å²) in [7, 11) is 0. The molecule has 0 aliphatic rings. The Kier molecular flexibility index (Phi) is 6.14. The highest BCUT2D eigenvalue weighted by molar-refractivity contribution is 5.94. The minimum absolute atomic E-state index is 0.0498. The first-order chi connectivity index (χ1) is 13.5. The van der Waals surface area contributed by atoms with Gasteiger partial charge in [-0.25, -0.2) is 9.59 Å². The van der Waals surface area contributed by atoms with Crippen molar-refractivity contribution in [3.8, 4) is 11.5 Å². The molecule has 146 valence electrons. The van der Waals surface area contributed by atoms with Gasteiger partial charge in [-0.1, -0.05) is 25.5 Å². The molecule has 0 saturated carbocycles. The number of esters is 1. The molecule has 28 heavy (non-hydrogen) atoms. The molecule has 2 aromatic carbocycles. The molecule has 0 saturated heterocycles. The van der Waals surface area contributed by atoms with Crippen molar-refractivity contribution in [2.45, 2.75) is 46.1 Å². The highest BCUT2D eigenvalue weighted by Crippen LogP contribution is 2.29. The minimum atomic E-state index is -0.524. The molecule has 0 fully saturated rings. The molecule has 1 heterocycles. The lowest BCUT2D eigenvalue weighted by Gasteiger charge is -2.12. The number of benzene rings is 2. The molecule has 1 aromatic heterocycles. The maximum absolute atomic E-state index is 12.7. The van der Waals surface area contributed by atoms with Gasteiger partial charge in [-0.15, -0.1) is 0 Å². The van der Waals surface area contributed by atoms with Crippen LogP contribution in [-0.4, -0.2) is 12.1 Å². The number of hydrogen-bond donors (Lipinski definition) is 0. The maximum Gasteiger partial charge on any atom is 0.343 e. The summed E-state index contributed by atoms with van der Waals surface area (Å²) in [6, 6.07) is 13.8. The highest BCUT2D eigenvalue weighted by Gasteiger charge is 2.19. The molecule has 5 nitrogen and oxygen atoms in total. The molecule has 0 bridgehead atoms. The smallest absolute Gasteiger partial charge is 0.343 e. The van der Waals surface area contributed by atoms with Gasteiger partial charge >= 0.3 is 11.6 Å². The van der Waals surface area contributed by atoms with Gasteiger partial charge < -0.3 is 13.9 Å². The van der Waals surface area contributed by atoms with E-state index in [2.05, 4.69) is 0 Å². The van der Waals surface area contributed by atoms with Crippen molar-refractivity contribution < 1.29 is 18.7 Å². The van der Waals surface area contributed by atoms with Crippen LogP contribution in [0.3, 0.4) is 0 Å². The van der Waals surface area contributed by atoms with E-state index < -0.39 is 11.6 Å². The molecule has 3 aromatic rings. The fraction of sp³-hybridized carbons (Fsp3) is 0.304. The molecule has 5 heteroatoms. The van der Waals surface area contributed by atoms with E-state index in [1.54, 1.807) is 42.5 Å². The normalized spacial score (nSPS) is 11.0. The fourth-order valence-corrected chi connectivity index (χ4v) is 2.94. The van der Waals surface area contributed by atoms with E-state index in [-0.39, 0.29) is 11.9 Å². The second-order valence-corrected chi connectivity index (χ2v) is 6.88. The summed E-state index contributed by atoms with van der Waals surface area (Å²) in [5, 5.41) is 0.612. The Morgan fingerprint density at radius 1 is 1.07 bits per heavy atom. The molecule has 0 spiro atoms. The Balaban J connectivity index is 1.96. The lowest BCUT2D eigenvalue weighted by Crippen LogP contribution is -2.16. The zero-order chi connectivity index (χ0) is 20.1. The predicted molar refractivity (Wildman–Crippen MR) is 108 cm³/mol. The number of ether oxygens (including phenoxy) is 2. The topological polar surface area (TPSA) is 65.7 Å². The van der Waals surface area contributed by atoms with Gasteiger partial charge in [-0.05, 0) is 63.1 Å². The summed E-state index contributed by atoms with van der Waals surface area (Å²) in [6.45, 7) is 5.91. The molecule has 0 atom stereocenters. The first-order valence-electron chi connectivity index (χ1n) is 9.53. The van der Waals surface area contributed by atoms with Gasteiger partial charge in [-0.2, -0.15) is 0 Å². The average Bonchev–Trinajstić information content (AvgIpc) is 2.67. The van der Waals surface area contributed by atoms with Crippen LogP contribution in [0.25, 0.3) is 11.0 Å². The van der Waals surface area contributed by atoms with Crippen LogP contribution < -0.4 is 15.1 Å². The van der Waals surface area contributed by atoms with Crippen molar-refractivity contribution in [3.05, 3.63) is 70.1 Å². The quantitative estimate of drug-likeness (QED) is 0.419. The SMILES string of the molecule is CCCCc1c(OC(=O)c2ccc(OC(C)C)cc2)c2ccccc2oc1=O. The zero-order valence-electron chi connectivity index (χ0n) is 16.4. The lowest BCUT2D eigenvalue weighted by molar-refractivity contribution is 0.0734. The van der Waals surface area contributed by atoms with Gasteiger partial charge in [-0.3, -0.25) is 0 Å². The lowest BCUT2D eigenvalue weighted by atomic mass is 10.1. The second kappa shape index (κ2) is 8.74. The summed E-state index contributed by atoms with van der Waals surface area (Å²) < 4.78 is 16.7. The van der Waals surface area contributed by atoms with Gasteiger partial charge in [0, 0.05) is 0 Å². The highest BCUT2D eigenvalue weighted by atomic mass is 16.5. The Labute approximate surface area is 163 Å². The van der Waals surface area contributed by atoms with Crippen LogP contribution in [0.15, 0.2) is 57.7 Å². The third-order valence-electron chi connectivity index (χ3n) is 4.29. The van der Waals surface area contributed by atoms with Crippen LogP contribution in [0.4, 0.5) is 0 Å². The van der Waals surface area contributed by atoms with Gasteiger partial charge in [0.15, 0.2) is 5.75 Å². The van der Waals surface area contributed by atoms with Crippen LogP contribution in [0.2, 0.25) is 0 Å². The Morgan fingerprint density at radius 3 is 2.46 bits per heavy atom. The second-order valence-electron chi connectivity index (χ2n) is 6.88. The number of carbonyl (C=O) groups is 1. The molecule has 0 radical (unpaired) electrons. The summed E-state index contributed by atoms with van der Waals surface area (Å²) in [6.07, 6.45) is 2.26. The summed E-state index contributed by atoms with van der Waals surface area (Å²) in [5.74, 6) is 0.443. The molecule has 0 unspecified atom stereocenters. The van der Waals surface area contributed by atoms with Crippen molar-refractivity contribution in [2.24, 2.45) is 0 Å². The largest absolute Gasteiger partial charge is 0.491 e. The Morgan fingerprint density at radius 2 is 1.79 bits per heavy atom. The van der Waals surface area contributed by atoms with E-state index in [0.29, 0.717) is 34.3 Å². The van der Waals surface area contributed by atoms with Gasteiger partial charge in [0.05, 0.1) is 22.6 Å². The number of para-hydroxylation sites is 1. The zero-order valence-corrected chi connectivity index (χ0v) is 16.4. The van der Waals surface area contributed by atoms with Crippen molar-refractivity contribution in [1.82, 2.24) is 0 Å². The number of hydrogen-bond acceptors (Lipinski definition) is 5. The minimum Gasteiger partial charge on any atom is -0.491 e. The Hall–Kier alpha value is -3.08. The first kappa shape index (κ1) is 19.7. The summed E-state index contributed by atoms with van der Waals surface area (Å²) in [4.78, 5) is 25.2. The predicted octanol–water partition coefficient (Wildman–Crippen LogP) is 5.14. The van der Waals surface area contributed by atoms with E-state index in [9.17, 15) is 9.59 Å². The molecule has 0 amide bonds. The standard InChI is InChI=1S/C23H24O5/c1-4-5-8-19-21(18-9-6-7-10-20(18)27-23(19)25)28-22(24)16-11-13-17(14-12-16)26-15(2)3/h6-7,9-15H,4-5,8H2,1-3H3. The summed E-state index contributed by atoms with van der Waals surface area (Å²) in [5.41, 5.74) is 0.718. The van der Waals surface area contributed by atoms with Crippen LogP contribution in [0, 0.1) is 0 Å². The van der Waals surface area contributed by atoms with Crippen LogP contribution in [0.5, 0.6) is 11.5 Å². The van der Waals surface area contributed by atoms with Gasteiger partial charge in [0.2, 0.25) is 0 Å². The van der Waals surface area contributed by atoms with Crippen molar-refractivity contribution in [3.63, 3.8) is 0 Å². The monoisotopic (exact) mass is 380 g/mol. The Bertz CT molecular complexity index is 1020. The van der Waals surface area contributed by atoms with Crippen molar-refractivity contribution >= 4 is 16.9 Å². The van der Waals surface area contributed by atoms with E-state index in [0.717, 1.165) is 12.8 Å². The fourth-order valence-electron chi connectivity index (χ4n) is 2.94. The number of unbranched alkanes of at least 4 members (excludes halogenated alkanes) is 1. The third kappa shape index (κ3) is 4.42. The van der Waals surface area contributed by atoms with Crippen molar-refractivity contribution in [2.75, 3.05) is 0 Å². The van der Waals surface area contributed by atoms with Crippen LogP contribution in [-0.2, 0) is 6.42 Å². The van der Waals surface area contributed by atoms with Crippen molar-refractivity contribution in [1.29, 1.82) is 0 Å². The van der Waals surface area contributed by atoms with Crippen LogP contribution in [0.1, 0.15) is 49.5 Å². The van der Waals surface area contributed by atoms with Crippen LogP contribution >= 0.6 is 0 Å². The molecular weight excluding hydrogens is 356 g/mol. The average molecular weight is 380 g/mol. The maximum atomic E-state index is 12.7. The molecule has 0 aliphatic heterocycles. The van der Waals surface area contributed by atoms with Gasteiger partial charge in [0.25, 0.3) is 0 Å². The van der Waals surface area contributed by atoms with E-state index in [1.807, 2.05) is 26.8 Å².